The summed E-state index contributed by atoms with van der Waals surface area (Å²) in [5.74, 6) is 0.789. The molecule has 0 aliphatic carbocycles. The number of hydrogen-bond acceptors (Lipinski definition) is 2. The van der Waals surface area contributed by atoms with Crippen LogP contribution in [0.25, 0.3) is 11.3 Å². The normalized spacial score (nSPS) is 14.6. The molecule has 29 heavy (non-hydrogen) atoms. The molecule has 1 heterocycles. The Bertz CT molecular complexity index is 991. The Morgan fingerprint density at radius 3 is 2.24 bits per heavy atom. The Balaban J connectivity index is 1.97. The molecule has 0 unspecified atom stereocenters. The lowest BCUT2D eigenvalue weighted by atomic mass is 10.1. The molecule has 0 spiro atoms. The van der Waals surface area contributed by atoms with E-state index in [9.17, 15) is 17.4 Å². The van der Waals surface area contributed by atoms with E-state index < -0.39 is 33.5 Å². The summed E-state index contributed by atoms with van der Waals surface area (Å²) in [5, 5.41) is 0. The molecule has 2 aromatic carbocycles. The van der Waals surface area contributed by atoms with Gasteiger partial charge in [-0.25, -0.2) is 8.93 Å². The second-order valence-corrected chi connectivity index (χ2v) is 9.62. The molecule has 3 rings (SSSR count). The molecule has 3 aromatic rings. The second-order valence-electron chi connectivity index (χ2n) is 7.62. The van der Waals surface area contributed by atoms with Gasteiger partial charge in [-0.1, -0.05) is 42.5 Å². The first-order chi connectivity index (χ1) is 13.6. The smallest absolute Gasteiger partial charge is 0.416 e. The molecule has 0 amide bonds. The highest BCUT2D eigenvalue weighted by Crippen LogP contribution is 2.34. The zero-order valence-electron chi connectivity index (χ0n) is 16.3. The molecule has 1 aromatic heterocycles. The third kappa shape index (κ3) is 5.16. The Morgan fingerprint density at radius 2 is 1.62 bits per heavy atom. The predicted molar refractivity (Wildman–Crippen MR) is 108 cm³/mol. The van der Waals surface area contributed by atoms with Gasteiger partial charge in [0, 0.05) is 5.56 Å². The van der Waals surface area contributed by atoms with Crippen molar-refractivity contribution in [1.82, 2.24) is 4.72 Å². The third-order valence-corrected chi connectivity index (χ3v) is 5.86. The van der Waals surface area contributed by atoms with E-state index in [1.165, 1.54) is 6.07 Å². The fourth-order valence-corrected chi connectivity index (χ4v) is 3.55. The Kier molecular flexibility index (Phi) is 6.00. The Morgan fingerprint density at radius 1 is 0.931 bits per heavy atom. The van der Waals surface area contributed by atoms with Crippen molar-refractivity contribution in [2.24, 2.45) is 0 Å². The van der Waals surface area contributed by atoms with Crippen LogP contribution >= 0.6 is 0 Å². The second kappa shape index (κ2) is 8.16. The maximum Gasteiger partial charge on any atom is 0.416 e. The van der Waals surface area contributed by atoms with Crippen LogP contribution in [0.1, 0.15) is 43.7 Å². The number of alkyl halides is 3. The molecule has 0 bridgehead atoms. The summed E-state index contributed by atoms with van der Waals surface area (Å²) in [5.41, 5.74) is 0.435. The van der Waals surface area contributed by atoms with Crippen LogP contribution in [0.2, 0.25) is 0 Å². The fourth-order valence-electron chi connectivity index (χ4n) is 2.73. The molecule has 3 nitrogen and oxygen atoms in total. The molecule has 0 radical (unpaired) electrons. The highest BCUT2D eigenvalue weighted by atomic mass is 32.2. The molecule has 0 aliphatic rings. The number of rotatable bonds is 5. The summed E-state index contributed by atoms with van der Waals surface area (Å²) in [7, 11) is -1.38. The van der Waals surface area contributed by atoms with Gasteiger partial charge >= 0.3 is 6.18 Å². The zero-order valence-corrected chi connectivity index (χ0v) is 17.1. The number of nitrogens with one attached hydrogen (secondary N) is 1. The maximum absolute atomic E-state index is 13.0. The van der Waals surface area contributed by atoms with E-state index in [1.807, 2.05) is 51.1 Å². The van der Waals surface area contributed by atoms with Gasteiger partial charge < -0.3 is 4.42 Å². The zero-order chi connectivity index (χ0) is 21.2. The van der Waals surface area contributed by atoms with E-state index in [4.69, 9.17) is 4.42 Å². The quantitative estimate of drug-likeness (QED) is 0.540. The van der Waals surface area contributed by atoms with Crippen LogP contribution in [-0.4, -0.2) is 8.96 Å². The monoisotopic (exact) mass is 421 g/mol. The predicted octanol–water partition coefficient (Wildman–Crippen LogP) is 6.11. The van der Waals surface area contributed by atoms with Gasteiger partial charge in [0.1, 0.15) is 17.6 Å². The van der Waals surface area contributed by atoms with Crippen LogP contribution < -0.4 is 4.72 Å². The molecule has 7 heteroatoms. The van der Waals surface area contributed by atoms with E-state index in [0.29, 0.717) is 17.1 Å². The largest absolute Gasteiger partial charge is 0.459 e. The lowest BCUT2D eigenvalue weighted by Gasteiger charge is -2.23. The van der Waals surface area contributed by atoms with Crippen molar-refractivity contribution in [2.45, 2.75) is 37.7 Å². The average molecular weight is 421 g/mol. The van der Waals surface area contributed by atoms with Crippen LogP contribution in [0.3, 0.4) is 0 Å². The number of hydrogen-bond donors (Lipinski definition) is 1. The fraction of sp³-hybridized carbons (Fsp3) is 0.273. The highest BCUT2D eigenvalue weighted by Gasteiger charge is 2.31. The van der Waals surface area contributed by atoms with Crippen molar-refractivity contribution in [1.29, 1.82) is 0 Å². The number of furan rings is 1. The van der Waals surface area contributed by atoms with Crippen LogP contribution in [0, 0.1) is 0 Å². The minimum atomic E-state index is -4.43. The van der Waals surface area contributed by atoms with Crippen molar-refractivity contribution in [3.8, 4) is 11.3 Å². The molecule has 0 fully saturated rings. The van der Waals surface area contributed by atoms with Gasteiger partial charge in [-0.15, -0.1) is 0 Å². The molecular formula is C22H22F3NO2S. The molecule has 0 saturated carbocycles. The van der Waals surface area contributed by atoms with Gasteiger partial charge in [-0.2, -0.15) is 13.2 Å². The van der Waals surface area contributed by atoms with Gasteiger partial charge in [0.2, 0.25) is 0 Å². The standard InChI is InChI=1S/C22H22F3NO2S/c1-21(2,3)29(27)26-20(15-8-5-4-6-9-15)19-13-12-18(28-19)16-10-7-11-17(14-16)22(23,24)25/h4-14,20,26H,1-3H3/t20-,29+/m0/s1. The van der Waals surface area contributed by atoms with Crippen LogP contribution in [0.5, 0.6) is 0 Å². The highest BCUT2D eigenvalue weighted by molar-refractivity contribution is 7.84. The summed E-state index contributed by atoms with van der Waals surface area (Å²) < 4.78 is 60.2. The Labute approximate surface area is 170 Å². The molecule has 0 saturated heterocycles. The molecule has 0 aliphatic heterocycles. The van der Waals surface area contributed by atoms with Gasteiger partial charge in [-0.05, 0) is 50.6 Å². The van der Waals surface area contributed by atoms with Crippen molar-refractivity contribution in [3.05, 3.63) is 83.6 Å². The van der Waals surface area contributed by atoms with E-state index in [0.717, 1.165) is 17.7 Å². The molecular weight excluding hydrogens is 399 g/mol. The molecule has 1 N–H and O–H groups in total. The Hall–Kier alpha value is -2.38. The van der Waals surface area contributed by atoms with E-state index in [1.54, 1.807) is 18.2 Å². The van der Waals surface area contributed by atoms with Gasteiger partial charge in [-0.3, -0.25) is 0 Å². The number of benzene rings is 2. The van der Waals surface area contributed by atoms with E-state index >= 15 is 0 Å². The van der Waals surface area contributed by atoms with Crippen molar-refractivity contribution < 1.29 is 21.8 Å². The number of halogens is 3. The van der Waals surface area contributed by atoms with Crippen LogP contribution in [0.15, 0.2) is 71.1 Å². The first-order valence-corrected chi connectivity index (χ1v) is 10.2. The van der Waals surface area contributed by atoms with Gasteiger partial charge in [0.15, 0.2) is 0 Å². The van der Waals surface area contributed by atoms with Gasteiger partial charge in [0.05, 0.1) is 21.3 Å². The minimum absolute atomic E-state index is 0.315. The summed E-state index contributed by atoms with van der Waals surface area (Å²) in [6, 6.07) is 17.2. The summed E-state index contributed by atoms with van der Waals surface area (Å²) >= 11 is 0. The summed E-state index contributed by atoms with van der Waals surface area (Å²) in [6.07, 6.45) is -4.43. The third-order valence-electron chi connectivity index (χ3n) is 4.30. The first-order valence-electron chi connectivity index (χ1n) is 9.06. The topological polar surface area (TPSA) is 42.2 Å². The van der Waals surface area contributed by atoms with E-state index in [-0.39, 0.29) is 0 Å². The average Bonchev–Trinajstić information content (AvgIpc) is 3.15. The van der Waals surface area contributed by atoms with E-state index in [2.05, 4.69) is 4.72 Å². The van der Waals surface area contributed by atoms with Crippen LogP contribution in [0.4, 0.5) is 13.2 Å². The first kappa shape index (κ1) is 21.3. The molecule has 154 valence electrons. The molecule has 2 atom stereocenters. The lowest BCUT2D eigenvalue weighted by Crippen LogP contribution is -2.36. The minimum Gasteiger partial charge on any atom is -0.459 e. The summed E-state index contributed by atoms with van der Waals surface area (Å²) in [4.78, 5) is 0. The van der Waals surface area contributed by atoms with Crippen molar-refractivity contribution >= 4 is 11.0 Å². The van der Waals surface area contributed by atoms with Crippen molar-refractivity contribution in [2.75, 3.05) is 0 Å². The SMILES string of the molecule is CC(C)(C)[S@@](=O)N[C@@H](c1ccccc1)c1ccc(-c2cccc(C(F)(F)F)c2)o1. The van der Waals surface area contributed by atoms with Gasteiger partial charge in [0.25, 0.3) is 0 Å². The summed E-state index contributed by atoms with van der Waals surface area (Å²) in [6.45, 7) is 5.57. The van der Waals surface area contributed by atoms with Crippen LogP contribution in [-0.2, 0) is 17.2 Å². The maximum atomic E-state index is 13.0. The van der Waals surface area contributed by atoms with Crippen molar-refractivity contribution in [3.63, 3.8) is 0 Å². The lowest BCUT2D eigenvalue weighted by molar-refractivity contribution is -0.137.